The van der Waals surface area contributed by atoms with Crippen molar-refractivity contribution in [3.63, 3.8) is 0 Å². The summed E-state index contributed by atoms with van der Waals surface area (Å²) >= 11 is 0. The van der Waals surface area contributed by atoms with Crippen molar-refractivity contribution in [2.45, 2.75) is 18.7 Å². The number of nitrogens with zero attached hydrogens (tertiary/aromatic N) is 3. The molecule has 4 rings (SSSR count). The zero-order valence-corrected chi connectivity index (χ0v) is 16.6. The standard InChI is InChI=1S/C21H20F3N3O4/c1-30-15-7-5-14(6-8-15)27-10-13(9-19(27)28)20(29)26-11-16(12-26)31-18-4-2-3-17(25-18)21(22,23)24/h2-8,13,16H,9-12H2,1H3. The Bertz CT molecular complexity index is 975. The van der Waals surface area contributed by atoms with Crippen LogP contribution in [0.5, 0.6) is 11.6 Å². The molecular weight excluding hydrogens is 415 g/mol. The minimum atomic E-state index is -4.55. The van der Waals surface area contributed by atoms with Crippen molar-refractivity contribution in [2.75, 3.05) is 31.6 Å². The van der Waals surface area contributed by atoms with Gasteiger partial charge in [0.05, 0.1) is 26.1 Å². The second kappa shape index (κ2) is 8.09. The van der Waals surface area contributed by atoms with E-state index >= 15 is 0 Å². The summed E-state index contributed by atoms with van der Waals surface area (Å²) in [6, 6.07) is 10.5. The number of amides is 2. The topological polar surface area (TPSA) is 72.0 Å². The van der Waals surface area contributed by atoms with E-state index in [1.807, 2.05) is 0 Å². The Labute approximate surface area is 176 Å². The van der Waals surface area contributed by atoms with E-state index in [9.17, 15) is 22.8 Å². The molecule has 1 aromatic heterocycles. The fourth-order valence-corrected chi connectivity index (χ4v) is 3.64. The molecule has 2 amide bonds. The maximum Gasteiger partial charge on any atom is 0.433 e. The molecule has 164 valence electrons. The first-order valence-corrected chi connectivity index (χ1v) is 9.68. The molecule has 0 saturated carbocycles. The molecule has 3 heterocycles. The number of benzene rings is 1. The number of aromatic nitrogens is 1. The van der Waals surface area contributed by atoms with E-state index in [2.05, 4.69) is 4.98 Å². The second-order valence-corrected chi connectivity index (χ2v) is 7.45. The quantitative estimate of drug-likeness (QED) is 0.722. The van der Waals surface area contributed by atoms with Gasteiger partial charge in [0, 0.05) is 24.7 Å². The molecule has 1 aromatic carbocycles. The first kappa shape index (κ1) is 21.0. The van der Waals surface area contributed by atoms with Gasteiger partial charge in [0.25, 0.3) is 0 Å². The fourth-order valence-electron chi connectivity index (χ4n) is 3.64. The summed E-state index contributed by atoms with van der Waals surface area (Å²) < 4.78 is 48.9. The van der Waals surface area contributed by atoms with Gasteiger partial charge in [-0.25, -0.2) is 4.98 Å². The Hall–Kier alpha value is -3.30. The van der Waals surface area contributed by atoms with Crippen LogP contribution >= 0.6 is 0 Å². The average molecular weight is 435 g/mol. The van der Waals surface area contributed by atoms with E-state index in [0.29, 0.717) is 11.4 Å². The highest BCUT2D eigenvalue weighted by molar-refractivity contribution is 6.00. The van der Waals surface area contributed by atoms with E-state index in [4.69, 9.17) is 9.47 Å². The molecule has 2 aliphatic rings. The number of pyridine rings is 1. The largest absolute Gasteiger partial charge is 0.497 e. The van der Waals surface area contributed by atoms with Gasteiger partial charge in [-0.1, -0.05) is 6.07 Å². The highest BCUT2D eigenvalue weighted by Gasteiger charge is 2.42. The molecule has 1 atom stereocenters. The molecule has 0 aliphatic carbocycles. The molecule has 2 aromatic rings. The molecule has 0 radical (unpaired) electrons. The lowest BCUT2D eigenvalue weighted by molar-refractivity contribution is -0.144. The van der Waals surface area contributed by atoms with Gasteiger partial charge in [-0.2, -0.15) is 13.2 Å². The van der Waals surface area contributed by atoms with Crippen molar-refractivity contribution in [3.8, 4) is 11.6 Å². The summed E-state index contributed by atoms with van der Waals surface area (Å²) in [6.45, 7) is 0.759. The minimum absolute atomic E-state index is 0.113. The summed E-state index contributed by atoms with van der Waals surface area (Å²) in [6.07, 6.45) is -4.87. The van der Waals surface area contributed by atoms with E-state index in [-0.39, 0.29) is 43.7 Å². The summed E-state index contributed by atoms with van der Waals surface area (Å²) in [5.74, 6) is -0.230. The number of carbonyl (C=O) groups excluding carboxylic acids is 2. The van der Waals surface area contributed by atoms with Crippen LogP contribution < -0.4 is 14.4 Å². The third-order valence-corrected chi connectivity index (χ3v) is 5.32. The molecule has 2 fully saturated rings. The van der Waals surface area contributed by atoms with Crippen molar-refractivity contribution in [3.05, 3.63) is 48.2 Å². The number of anilines is 1. The molecule has 0 N–H and O–H groups in total. The number of rotatable bonds is 5. The number of hydrogen-bond donors (Lipinski definition) is 0. The average Bonchev–Trinajstić information content (AvgIpc) is 3.11. The lowest BCUT2D eigenvalue weighted by atomic mass is 10.0. The van der Waals surface area contributed by atoms with Crippen molar-refractivity contribution < 1.29 is 32.2 Å². The van der Waals surface area contributed by atoms with Crippen LogP contribution in [0.3, 0.4) is 0 Å². The Kier molecular flexibility index (Phi) is 5.47. The summed E-state index contributed by atoms with van der Waals surface area (Å²) in [5, 5.41) is 0. The monoisotopic (exact) mass is 435 g/mol. The first-order valence-electron chi connectivity index (χ1n) is 9.68. The Morgan fingerprint density at radius 3 is 2.45 bits per heavy atom. The third-order valence-electron chi connectivity index (χ3n) is 5.32. The van der Waals surface area contributed by atoms with Crippen molar-refractivity contribution in [1.29, 1.82) is 0 Å². The van der Waals surface area contributed by atoms with Gasteiger partial charge >= 0.3 is 6.18 Å². The second-order valence-electron chi connectivity index (χ2n) is 7.45. The minimum Gasteiger partial charge on any atom is -0.497 e. The molecule has 2 aliphatic heterocycles. The number of methoxy groups -OCH3 is 1. The van der Waals surface area contributed by atoms with Crippen LogP contribution in [-0.2, 0) is 15.8 Å². The molecule has 31 heavy (non-hydrogen) atoms. The van der Waals surface area contributed by atoms with E-state index in [1.165, 1.54) is 12.1 Å². The van der Waals surface area contributed by atoms with E-state index < -0.39 is 23.9 Å². The van der Waals surface area contributed by atoms with Gasteiger partial charge in [-0.05, 0) is 30.3 Å². The highest BCUT2D eigenvalue weighted by atomic mass is 19.4. The molecule has 10 heteroatoms. The molecule has 7 nitrogen and oxygen atoms in total. The predicted octanol–water partition coefficient (Wildman–Crippen LogP) is 2.75. The lowest BCUT2D eigenvalue weighted by Gasteiger charge is -2.39. The van der Waals surface area contributed by atoms with Crippen LogP contribution in [-0.4, -0.2) is 54.5 Å². The van der Waals surface area contributed by atoms with Crippen LogP contribution in [0.4, 0.5) is 18.9 Å². The molecular formula is C21H20F3N3O4. The molecule has 1 unspecified atom stereocenters. The number of carbonyl (C=O) groups is 2. The molecule has 2 saturated heterocycles. The van der Waals surface area contributed by atoms with Crippen molar-refractivity contribution >= 4 is 17.5 Å². The zero-order chi connectivity index (χ0) is 22.2. The summed E-state index contributed by atoms with van der Waals surface area (Å²) in [4.78, 5) is 31.7. The van der Waals surface area contributed by atoms with Crippen molar-refractivity contribution in [1.82, 2.24) is 9.88 Å². The summed E-state index contributed by atoms with van der Waals surface area (Å²) in [5.41, 5.74) is -0.332. The number of halogens is 3. The predicted molar refractivity (Wildman–Crippen MR) is 104 cm³/mol. The number of ether oxygens (including phenoxy) is 2. The lowest BCUT2D eigenvalue weighted by Crippen LogP contribution is -2.57. The molecule has 0 spiro atoms. The van der Waals surface area contributed by atoms with Crippen LogP contribution in [0.1, 0.15) is 12.1 Å². The van der Waals surface area contributed by atoms with E-state index in [0.717, 1.165) is 6.07 Å². The number of hydrogen-bond acceptors (Lipinski definition) is 5. The maximum atomic E-state index is 12.8. The first-order chi connectivity index (χ1) is 14.7. The van der Waals surface area contributed by atoms with Crippen LogP contribution in [0.15, 0.2) is 42.5 Å². The van der Waals surface area contributed by atoms with Crippen molar-refractivity contribution in [2.24, 2.45) is 5.92 Å². The Morgan fingerprint density at radius 1 is 1.10 bits per heavy atom. The highest BCUT2D eigenvalue weighted by Crippen LogP contribution is 2.31. The van der Waals surface area contributed by atoms with Gasteiger partial charge in [0.15, 0.2) is 0 Å². The Balaban J connectivity index is 1.31. The van der Waals surface area contributed by atoms with Gasteiger partial charge < -0.3 is 19.3 Å². The number of alkyl halides is 3. The third kappa shape index (κ3) is 4.42. The van der Waals surface area contributed by atoms with Gasteiger partial charge in [-0.3, -0.25) is 9.59 Å². The Morgan fingerprint density at radius 2 is 1.81 bits per heavy atom. The number of likely N-dealkylation sites (tertiary alicyclic amines) is 1. The van der Waals surface area contributed by atoms with Gasteiger partial charge in [-0.15, -0.1) is 0 Å². The van der Waals surface area contributed by atoms with Crippen LogP contribution in [0.25, 0.3) is 0 Å². The summed E-state index contributed by atoms with van der Waals surface area (Å²) in [7, 11) is 1.55. The van der Waals surface area contributed by atoms with E-state index in [1.54, 1.807) is 41.2 Å². The maximum absolute atomic E-state index is 12.8. The van der Waals surface area contributed by atoms with Crippen LogP contribution in [0.2, 0.25) is 0 Å². The smallest absolute Gasteiger partial charge is 0.433 e. The molecule has 0 bridgehead atoms. The zero-order valence-electron chi connectivity index (χ0n) is 16.6. The normalized spacial score (nSPS) is 19.4. The SMILES string of the molecule is COc1ccc(N2CC(C(=O)N3CC(Oc4cccc(C(F)(F)F)n4)C3)CC2=O)cc1. The fraction of sp³-hybridized carbons (Fsp3) is 0.381. The van der Waals surface area contributed by atoms with Gasteiger partial charge in [0.1, 0.15) is 17.5 Å². The van der Waals surface area contributed by atoms with Gasteiger partial charge in [0.2, 0.25) is 17.7 Å². The van der Waals surface area contributed by atoms with Crippen LogP contribution in [0, 0.1) is 5.92 Å².